The third kappa shape index (κ3) is 7.09. The number of sulfonamides is 1. The van der Waals surface area contributed by atoms with Gasteiger partial charge in [0.1, 0.15) is 12.6 Å². The topological polar surface area (TPSA) is 86.8 Å². The Morgan fingerprint density at radius 1 is 1.09 bits per heavy atom. The normalized spacial score (nSPS) is 12.2. The van der Waals surface area contributed by atoms with Gasteiger partial charge < -0.3 is 10.2 Å². The van der Waals surface area contributed by atoms with Gasteiger partial charge in [-0.2, -0.15) is 0 Å². The van der Waals surface area contributed by atoms with Gasteiger partial charge in [-0.1, -0.05) is 48.3 Å². The Bertz CT molecular complexity index is 1110. The average Bonchev–Trinajstić information content (AvgIpc) is 2.73. The molecular weight excluding hydrogens is 485 g/mol. The molecule has 1 N–H and O–H groups in total. The number of carbonyl (C=O) groups is 2. The smallest absolute Gasteiger partial charge is 0.244 e. The van der Waals surface area contributed by atoms with E-state index in [9.17, 15) is 18.0 Å². The van der Waals surface area contributed by atoms with Crippen molar-refractivity contribution in [3.8, 4) is 0 Å². The van der Waals surface area contributed by atoms with Gasteiger partial charge in [0.2, 0.25) is 21.8 Å². The molecule has 1 atom stereocenters. The zero-order valence-corrected chi connectivity index (χ0v) is 21.5. The third-order valence-electron chi connectivity index (χ3n) is 5.14. The number of carbonyl (C=O) groups excluding carboxylic acids is 2. The van der Waals surface area contributed by atoms with Crippen molar-refractivity contribution in [3.05, 3.63) is 63.6 Å². The number of anilines is 1. The van der Waals surface area contributed by atoms with E-state index in [4.69, 9.17) is 23.2 Å². The SMILES string of the molecule is CCNC(=O)C(CC)N(Cc1ccccc1Cl)C(=O)CN(c1ccc(Cl)cc1C)S(C)(=O)=O. The van der Waals surface area contributed by atoms with Gasteiger partial charge >= 0.3 is 0 Å². The second-order valence-corrected chi connectivity index (χ2v) is 10.4. The number of benzene rings is 2. The van der Waals surface area contributed by atoms with Gasteiger partial charge in [-0.3, -0.25) is 13.9 Å². The van der Waals surface area contributed by atoms with E-state index in [0.717, 1.165) is 10.6 Å². The highest BCUT2D eigenvalue weighted by Gasteiger charge is 2.32. The molecule has 0 aliphatic heterocycles. The molecule has 0 spiro atoms. The highest BCUT2D eigenvalue weighted by molar-refractivity contribution is 7.92. The maximum Gasteiger partial charge on any atom is 0.244 e. The molecule has 7 nitrogen and oxygen atoms in total. The maximum absolute atomic E-state index is 13.5. The van der Waals surface area contributed by atoms with Crippen molar-refractivity contribution < 1.29 is 18.0 Å². The fraction of sp³-hybridized carbons (Fsp3) is 0.391. The summed E-state index contributed by atoms with van der Waals surface area (Å²) in [6.07, 6.45) is 1.38. The molecule has 1 unspecified atom stereocenters. The fourth-order valence-corrected chi connectivity index (χ4v) is 4.84. The van der Waals surface area contributed by atoms with Crippen LogP contribution >= 0.6 is 23.2 Å². The summed E-state index contributed by atoms with van der Waals surface area (Å²) in [5.41, 5.74) is 1.61. The molecule has 0 bridgehead atoms. The first-order valence-corrected chi connectivity index (χ1v) is 13.1. The van der Waals surface area contributed by atoms with E-state index in [-0.39, 0.29) is 12.5 Å². The number of nitrogens with zero attached hydrogens (tertiary/aromatic N) is 2. The second kappa shape index (κ2) is 11.7. The molecule has 0 fully saturated rings. The molecule has 2 rings (SSSR count). The van der Waals surface area contributed by atoms with E-state index in [0.29, 0.717) is 39.8 Å². The first kappa shape index (κ1) is 27.0. The summed E-state index contributed by atoms with van der Waals surface area (Å²) in [6.45, 7) is 5.30. The summed E-state index contributed by atoms with van der Waals surface area (Å²) in [6, 6.07) is 11.0. The highest BCUT2D eigenvalue weighted by Crippen LogP contribution is 2.26. The predicted octanol–water partition coefficient (Wildman–Crippen LogP) is 4.01. The van der Waals surface area contributed by atoms with Gasteiger partial charge in [0.25, 0.3) is 0 Å². The number of amides is 2. The fourth-order valence-electron chi connectivity index (χ4n) is 3.52. The average molecular weight is 514 g/mol. The molecule has 180 valence electrons. The molecule has 2 amide bonds. The number of hydrogen-bond acceptors (Lipinski definition) is 4. The van der Waals surface area contributed by atoms with Crippen LogP contribution in [0.1, 0.15) is 31.4 Å². The molecule has 33 heavy (non-hydrogen) atoms. The zero-order chi connectivity index (χ0) is 24.8. The molecule has 0 aliphatic rings. The van der Waals surface area contributed by atoms with Crippen molar-refractivity contribution in [1.29, 1.82) is 0 Å². The number of likely N-dealkylation sites (N-methyl/N-ethyl adjacent to an activating group) is 1. The number of nitrogens with one attached hydrogen (secondary N) is 1. The molecule has 0 radical (unpaired) electrons. The van der Waals surface area contributed by atoms with E-state index >= 15 is 0 Å². The van der Waals surface area contributed by atoms with Crippen molar-refractivity contribution in [2.45, 2.75) is 39.8 Å². The van der Waals surface area contributed by atoms with Crippen LogP contribution in [0.15, 0.2) is 42.5 Å². The number of halogens is 2. The van der Waals surface area contributed by atoms with Crippen LogP contribution in [0.4, 0.5) is 5.69 Å². The molecule has 2 aromatic rings. The summed E-state index contributed by atoms with van der Waals surface area (Å²) in [5.74, 6) is -0.832. The van der Waals surface area contributed by atoms with Crippen molar-refractivity contribution in [2.75, 3.05) is 23.7 Å². The summed E-state index contributed by atoms with van der Waals surface area (Å²) >= 11 is 12.3. The van der Waals surface area contributed by atoms with Gasteiger partial charge in [-0.05, 0) is 55.7 Å². The van der Waals surface area contributed by atoms with Gasteiger partial charge in [0.15, 0.2) is 0 Å². The molecule has 0 aromatic heterocycles. The Hall–Kier alpha value is -2.29. The van der Waals surface area contributed by atoms with Gasteiger partial charge in [-0.15, -0.1) is 0 Å². The van der Waals surface area contributed by atoms with Crippen molar-refractivity contribution in [3.63, 3.8) is 0 Å². The van der Waals surface area contributed by atoms with Crippen LogP contribution in [0.2, 0.25) is 10.0 Å². The predicted molar refractivity (Wildman–Crippen MR) is 133 cm³/mol. The van der Waals surface area contributed by atoms with Crippen LogP contribution in [-0.2, 0) is 26.2 Å². The van der Waals surface area contributed by atoms with E-state index in [2.05, 4.69) is 5.32 Å². The maximum atomic E-state index is 13.5. The van der Waals surface area contributed by atoms with Gasteiger partial charge in [-0.25, -0.2) is 8.42 Å². The zero-order valence-electron chi connectivity index (χ0n) is 19.1. The quantitative estimate of drug-likeness (QED) is 0.519. The minimum absolute atomic E-state index is 0.0609. The monoisotopic (exact) mass is 513 g/mol. The van der Waals surface area contributed by atoms with E-state index < -0.39 is 28.5 Å². The second-order valence-electron chi connectivity index (χ2n) is 7.63. The van der Waals surface area contributed by atoms with Crippen LogP contribution in [-0.4, -0.2) is 50.5 Å². The van der Waals surface area contributed by atoms with E-state index in [1.54, 1.807) is 63.2 Å². The molecule has 2 aromatic carbocycles. The van der Waals surface area contributed by atoms with Crippen LogP contribution < -0.4 is 9.62 Å². The lowest BCUT2D eigenvalue weighted by Gasteiger charge is -2.33. The lowest BCUT2D eigenvalue weighted by Crippen LogP contribution is -2.52. The Kier molecular flexibility index (Phi) is 9.57. The number of rotatable bonds is 10. The number of aryl methyl sites for hydroxylation is 1. The van der Waals surface area contributed by atoms with E-state index in [1.165, 1.54) is 4.90 Å². The largest absolute Gasteiger partial charge is 0.355 e. The van der Waals surface area contributed by atoms with Gasteiger partial charge in [0.05, 0.1) is 11.9 Å². The Morgan fingerprint density at radius 3 is 2.30 bits per heavy atom. The van der Waals surface area contributed by atoms with Gasteiger partial charge in [0, 0.05) is 23.1 Å². The highest BCUT2D eigenvalue weighted by atomic mass is 35.5. The van der Waals surface area contributed by atoms with Crippen LogP contribution in [0, 0.1) is 6.92 Å². The molecular formula is C23H29Cl2N3O4S. The molecule has 0 saturated carbocycles. The molecule has 10 heteroatoms. The minimum Gasteiger partial charge on any atom is -0.355 e. The van der Waals surface area contributed by atoms with Crippen LogP contribution in [0.5, 0.6) is 0 Å². The lowest BCUT2D eigenvalue weighted by atomic mass is 10.1. The minimum atomic E-state index is -3.81. The van der Waals surface area contributed by atoms with Crippen LogP contribution in [0.25, 0.3) is 0 Å². The van der Waals surface area contributed by atoms with Crippen LogP contribution in [0.3, 0.4) is 0 Å². The van der Waals surface area contributed by atoms with E-state index in [1.807, 2.05) is 0 Å². The Balaban J connectivity index is 2.48. The first-order valence-electron chi connectivity index (χ1n) is 10.5. The molecule has 0 aliphatic carbocycles. The molecule has 0 saturated heterocycles. The first-order chi connectivity index (χ1) is 15.5. The standard InChI is InChI=1S/C23H29Cl2N3O4S/c1-5-20(23(30)26-6-2)27(14-17-9-7-8-10-19(17)25)22(29)15-28(33(4,31)32)21-12-11-18(24)13-16(21)3/h7-13,20H,5-6,14-15H2,1-4H3,(H,26,30). The Morgan fingerprint density at radius 2 is 1.76 bits per heavy atom. The van der Waals surface area contributed by atoms with Crippen molar-refractivity contribution >= 4 is 50.7 Å². The molecule has 0 heterocycles. The number of hydrogen-bond donors (Lipinski definition) is 1. The summed E-state index contributed by atoms with van der Waals surface area (Å²) < 4.78 is 26.3. The Labute approximate surface area is 205 Å². The van der Waals surface area contributed by atoms with Crippen molar-refractivity contribution in [1.82, 2.24) is 10.2 Å². The third-order valence-corrected chi connectivity index (χ3v) is 6.87. The summed E-state index contributed by atoms with van der Waals surface area (Å²) in [5, 5.41) is 3.66. The summed E-state index contributed by atoms with van der Waals surface area (Å²) in [4.78, 5) is 27.7. The lowest BCUT2D eigenvalue weighted by molar-refractivity contribution is -0.140. The van der Waals surface area contributed by atoms with Crippen molar-refractivity contribution in [2.24, 2.45) is 0 Å². The summed E-state index contributed by atoms with van der Waals surface area (Å²) in [7, 11) is -3.81.